The van der Waals surface area contributed by atoms with Crippen molar-refractivity contribution in [1.82, 2.24) is 4.31 Å². The van der Waals surface area contributed by atoms with Crippen LogP contribution in [-0.2, 0) is 16.4 Å². The smallest absolute Gasteiger partial charge is 0.270 e. The third-order valence-corrected chi connectivity index (χ3v) is 5.79. The Bertz CT molecular complexity index is 645. The molecule has 0 amide bonds. The van der Waals surface area contributed by atoms with E-state index < -0.39 is 14.9 Å². The van der Waals surface area contributed by atoms with Gasteiger partial charge in [-0.3, -0.25) is 10.1 Å². The molecule has 1 aliphatic heterocycles. The molecule has 0 saturated carbocycles. The zero-order valence-corrected chi connectivity index (χ0v) is 12.7. The number of nitro benzene ring substituents is 1. The van der Waals surface area contributed by atoms with Gasteiger partial charge in [0.05, 0.1) is 9.82 Å². The van der Waals surface area contributed by atoms with E-state index in [-0.39, 0.29) is 16.5 Å². The highest BCUT2D eigenvalue weighted by Gasteiger charge is 2.33. The molecule has 1 aromatic carbocycles. The van der Waals surface area contributed by atoms with Crippen LogP contribution in [0.4, 0.5) is 5.69 Å². The Morgan fingerprint density at radius 1 is 1.48 bits per heavy atom. The molecule has 1 aliphatic rings. The Labute approximate surface area is 123 Å². The fourth-order valence-electron chi connectivity index (χ4n) is 2.54. The number of nitrogens with two attached hydrogens (primary N) is 1. The van der Waals surface area contributed by atoms with E-state index in [1.54, 1.807) is 0 Å². The van der Waals surface area contributed by atoms with Gasteiger partial charge >= 0.3 is 0 Å². The molecule has 0 aliphatic carbocycles. The summed E-state index contributed by atoms with van der Waals surface area (Å²) in [7, 11) is -3.71. The summed E-state index contributed by atoms with van der Waals surface area (Å²) in [4.78, 5) is 10.3. The van der Waals surface area contributed by atoms with Gasteiger partial charge in [0.15, 0.2) is 0 Å². The Morgan fingerprint density at radius 2 is 2.19 bits per heavy atom. The number of hydrogen-bond donors (Lipinski definition) is 1. The van der Waals surface area contributed by atoms with Crippen LogP contribution in [0.15, 0.2) is 23.1 Å². The molecule has 116 valence electrons. The summed E-state index contributed by atoms with van der Waals surface area (Å²) in [6.07, 6.45) is 1.23. The van der Waals surface area contributed by atoms with E-state index in [4.69, 9.17) is 5.73 Å². The lowest BCUT2D eigenvalue weighted by molar-refractivity contribution is -0.385. The van der Waals surface area contributed by atoms with Crippen LogP contribution in [0.1, 0.15) is 18.9 Å². The van der Waals surface area contributed by atoms with Crippen LogP contribution >= 0.6 is 0 Å². The fourth-order valence-corrected chi connectivity index (χ4v) is 4.38. The summed E-state index contributed by atoms with van der Waals surface area (Å²) in [5.41, 5.74) is 5.97. The lowest BCUT2D eigenvalue weighted by Crippen LogP contribution is -2.30. The van der Waals surface area contributed by atoms with E-state index in [1.165, 1.54) is 16.4 Å². The van der Waals surface area contributed by atoms with Crippen molar-refractivity contribution in [3.63, 3.8) is 0 Å². The maximum atomic E-state index is 12.7. The first-order chi connectivity index (χ1) is 9.90. The van der Waals surface area contributed by atoms with Gasteiger partial charge in [0.25, 0.3) is 5.69 Å². The first-order valence-electron chi connectivity index (χ1n) is 6.87. The van der Waals surface area contributed by atoms with E-state index in [9.17, 15) is 18.5 Å². The Hall–Kier alpha value is -1.51. The molecule has 0 spiro atoms. The molecule has 0 aromatic heterocycles. The number of hydrogen-bond acceptors (Lipinski definition) is 5. The molecule has 1 heterocycles. The average molecular weight is 313 g/mol. The van der Waals surface area contributed by atoms with E-state index in [1.807, 2.05) is 6.92 Å². The molecule has 1 saturated heterocycles. The lowest BCUT2D eigenvalue weighted by Gasteiger charge is -2.18. The van der Waals surface area contributed by atoms with Gasteiger partial charge in [-0.1, -0.05) is 13.0 Å². The fraction of sp³-hybridized carbons (Fsp3) is 0.538. The van der Waals surface area contributed by atoms with Gasteiger partial charge in [-0.05, 0) is 30.9 Å². The normalized spacial score (nSPS) is 19.8. The molecule has 2 N–H and O–H groups in total. The summed E-state index contributed by atoms with van der Waals surface area (Å²) in [6, 6.07) is 4.01. The average Bonchev–Trinajstić information content (AvgIpc) is 2.96. The number of sulfonamides is 1. The molecule has 2 rings (SSSR count). The summed E-state index contributed by atoms with van der Waals surface area (Å²) >= 11 is 0. The zero-order valence-electron chi connectivity index (χ0n) is 11.9. The number of nitro groups is 1. The van der Waals surface area contributed by atoms with Crippen molar-refractivity contribution < 1.29 is 13.3 Å². The van der Waals surface area contributed by atoms with Crippen molar-refractivity contribution in [2.45, 2.75) is 24.7 Å². The maximum Gasteiger partial charge on any atom is 0.270 e. The van der Waals surface area contributed by atoms with Crippen LogP contribution in [0.5, 0.6) is 0 Å². The molecule has 1 fully saturated rings. The Kier molecular flexibility index (Phi) is 4.60. The molecule has 1 atom stereocenters. The quantitative estimate of drug-likeness (QED) is 0.647. The van der Waals surface area contributed by atoms with E-state index in [0.29, 0.717) is 31.6 Å². The van der Waals surface area contributed by atoms with Crippen LogP contribution in [0.2, 0.25) is 0 Å². The summed E-state index contributed by atoms with van der Waals surface area (Å²) < 4.78 is 26.8. The van der Waals surface area contributed by atoms with Crippen LogP contribution < -0.4 is 5.73 Å². The molecule has 8 heteroatoms. The highest BCUT2D eigenvalue weighted by atomic mass is 32.2. The zero-order chi connectivity index (χ0) is 15.6. The third kappa shape index (κ3) is 3.07. The molecule has 0 radical (unpaired) electrons. The van der Waals surface area contributed by atoms with Gasteiger partial charge in [0.2, 0.25) is 10.0 Å². The van der Waals surface area contributed by atoms with Crippen molar-refractivity contribution in [3.05, 3.63) is 33.9 Å². The number of nitrogens with zero attached hydrogens (tertiary/aromatic N) is 2. The highest BCUT2D eigenvalue weighted by Crippen LogP contribution is 2.29. The van der Waals surface area contributed by atoms with E-state index >= 15 is 0 Å². The van der Waals surface area contributed by atoms with Crippen LogP contribution in [0.25, 0.3) is 0 Å². The second kappa shape index (κ2) is 6.08. The van der Waals surface area contributed by atoms with Gasteiger partial charge < -0.3 is 5.73 Å². The number of non-ortho nitro benzene ring substituents is 1. The summed E-state index contributed by atoms with van der Waals surface area (Å²) in [5.74, 6) is 0.156. The Morgan fingerprint density at radius 3 is 2.71 bits per heavy atom. The first kappa shape index (κ1) is 15.9. The summed E-state index contributed by atoms with van der Waals surface area (Å²) in [5, 5.41) is 10.9. The monoisotopic (exact) mass is 313 g/mol. The molecular formula is C13H19N3O4S. The van der Waals surface area contributed by atoms with Crippen molar-refractivity contribution in [3.8, 4) is 0 Å². The molecule has 7 nitrogen and oxygen atoms in total. The molecule has 0 bridgehead atoms. The molecule has 1 unspecified atom stereocenters. The second-order valence-electron chi connectivity index (χ2n) is 5.16. The number of rotatable bonds is 5. The number of aryl methyl sites for hydroxylation is 1. The first-order valence-corrected chi connectivity index (χ1v) is 8.31. The van der Waals surface area contributed by atoms with E-state index in [0.717, 1.165) is 12.5 Å². The maximum absolute atomic E-state index is 12.7. The van der Waals surface area contributed by atoms with Crippen LogP contribution in [0, 0.1) is 16.0 Å². The van der Waals surface area contributed by atoms with E-state index in [2.05, 4.69) is 0 Å². The van der Waals surface area contributed by atoms with Gasteiger partial charge in [-0.25, -0.2) is 8.42 Å². The van der Waals surface area contributed by atoms with Crippen LogP contribution in [0.3, 0.4) is 0 Å². The summed E-state index contributed by atoms with van der Waals surface area (Å²) in [6.45, 7) is 3.06. The SMILES string of the molecule is CCc1ccc([N+](=O)[O-])cc1S(=O)(=O)N1CCC(CN)C1. The minimum atomic E-state index is -3.71. The molecule has 1 aromatic rings. The van der Waals surface area contributed by atoms with Gasteiger partial charge in [0, 0.05) is 25.2 Å². The van der Waals surface area contributed by atoms with Crippen LogP contribution in [-0.4, -0.2) is 37.3 Å². The largest absolute Gasteiger partial charge is 0.330 e. The van der Waals surface area contributed by atoms with Crippen molar-refractivity contribution in [2.75, 3.05) is 19.6 Å². The topological polar surface area (TPSA) is 107 Å². The van der Waals surface area contributed by atoms with Crippen molar-refractivity contribution in [2.24, 2.45) is 11.7 Å². The minimum absolute atomic E-state index is 0.0388. The minimum Gasteiger partial charge on any atom is -0.330 e. The second-order valence-corrected chi connectivity index (χ2v) is 7.06. The highest BCUT2D eigenvalue weighted by molar-refractivity contribution is 7.89. The standard InChI is InChI=1S/C13H19N3O4S/c1-2-11-3-4-12(16(17)18)7-13(11)21(19,20)15-6-5-10(8-14)9-15/h3-4,7,10H,2,5-6,8-9,14H2,1H3. The van der Waals surface area contributed by atoms with Gasteiger partial charge in [-0.15, -0.1) is 0 Å². The predicted molar refractivity (Wildman–Crippen MR) is 78.4 cm³/mol. The van der Waals surface area contributed by atoms with Crippen molar-refractivity contribution in [1.29, 1.82) is 0 Å². The third-order valence-electron chi connectivity index (χ3n) is 3.84. The number of benzene rings is 1. The van der Waals surface area contributed by atoms with Crippen molar-refractivity contribution >= 4 is 15.7 Å². The predicted octanol–water partition coefficient (Wildman–Crippen LogP) is 1.13. The molecule has 21 heavy (non-hydrogen) atoms. The van der Waals surface area contributed by atoms with Gasteiger partial charge in [0.1, 0.15) is 0 Å². The lowest BCUT2D eigenvalue weighted by atomic mass is 10.1. The van der Waals surface area contributed by atoms with Gasteiger partial charge in [-0.2, -0.15) is 4.31 Å². The Balaban J connectivity index is 2.43. The molecular weight excluding hydrogens is 294 g/mol.